The first-order valence-corrected chi connectivity index (χ1v) is 12.7. The Balaban J connectivity index is 1.26. The molecule has 186 valence electrons. The first kappa shape index (κ1) is 23.9. The Morgan fingerprint density at radius 3 is 2.81 bits per heavy atom. The molecule has 0 bridgehead atoms. The van der Waals surface area contributed by atoms with Gasteiger partial charge in [0.15, 0.2) is 5.13 Å². The average Bonchev–Trinajstić information content (AvgIpc) is 3.45. The number of nitrogens with zero attached hydrogens (tertiary/aromatic N) is 6. The quantitative estimate of drug-likeness (QED) is 0.359. The third-order valence-corrected chi connectivity index (χ3v) is 7.24. The van der Waals surface area contributed by atoms with E-state index in [0.717, 1.165) is 39.9 Å². The normalized spacial score (nSPS) is 17.6. The van der Waals surface area contributed by atoms with Crippen molar-refractivity contribution in [3.63, 3.8) is 0 Å². The number of aliphatic carboxylic acids is 1. The summed E-state index contributed by atoms with van der Waals surface area (Å²) in [5.41, 5.74) is 3.96. The van der Waals surface area contributed by atoms with Crippen LogP contribution in [-0.2, 0) is 18.4 Å². The number of hydrogen-bond donors (Lipinski definition) is 2. The van der Waals surface area contributed by atoms with Gasteiger partial charge in [-0.15, -0.1) is 16.4 Å². The van der Waals surface area contributed by atoms with Gasteiger partial charge in [0, 0.05) is 18.1 Å². The van der Waals surface area contributed by atoms with Crippen molar-refractivity contribution in [3.8, 4) is 28.5 Å². The van der Waals surface area contributed by atoms with Crippen LogP contribution in [-0.4, -0.2) is 47.1 Å². The van der Waals surface area contributed by atoms with E-state index in [-0.39, 0.29) is 12.0 Å². The van der Waals surface area contributed by atoms with Gasteiger partial charge >= 0.3 is 5.97 Å². The second-order valence-electron chi connectivity index (χ2n) is 8.82. The number of aromatic nitrogens is 6. The van der Waals surface area contributed by atoms with Crippen LogP contribution in [0.4, 0.5) is 5.13 Å². The molecule has 0 radical (unpaired) electrons. The Bertz CT molecular complexity index is 1340. The smallest absolute Gasteiger partial charge is 0.306 e. The Labute approximate surface area is 212 Å². The first-order valence-electron chi connectivity index (χ1n) is 11.8. The number of rotatable bonds is 8. The van der Waals surface area contributed by atoms with Gasteiger partial charge in [-0.1, -0.05) is 11.3 Å². The van der Waals surface area contributed by atoms with Crippen LogP contribution < -0.4 is 10.1 Å². The van der Waals surface area contributed by atoms with Crippen LogP contribution in [0.15, 0.2) is 42.7 Å². The molecule has 4 aromatic rings. The first-order chi connectivity index (χ1) is 17.5. The molecule has 36 heavy (non-hydrogen) atoms. The molecule has 0 saturated heterocycles. The maximum Gasteiger partial charge on any atom is 0.306 e. The van der Waals surface area contributed by atoms with Crippen molar-refractivity contribution in [2.45, 2.75) is 45.3 Å². The lowest BCUT2D eigenvalue weighted by molar-refractivity contribution is -0.143. The van der Waals surface area contributed by atoms with Crippen molar-refractivity contribution >= 4 is 22.4 Å². The summed E-state index contributed by atoms with van der Waals surface area (Å²) in [7, 11) is 1.85. The maximum atomic E-state index is 11.3. The third kappa shape index (κ3) is 5.20. The summed E-state index contributed by atoms with van der Waals surface area (Å²) in [4.78, 5) is 26.1. The zero-order chi connectivity index (χ0) is 25.1. The van der Waals surface area contributed by atoms with E-state index in [0.29, 0.717) is 36.5 Å². The molecule has 11 heteroatoms. The zero-order valence-electron chi connectivity index (χ0n) is 20.1. The minimum Gasteiger partial charge on any atom is -0.489 e. The SMILES string of the molecule is Cc1sc(NCc2c(-c3ccc(O[C@H]4CCC[C@H](C(=O)O)C4)cn3)nnn2C)nc1-c1ccccn1. The molecule has 0 amide bonds. The van der Waals surface area contributed by atoms with E-state index in [9.17, 15) is 9.90 Å². The minimum absolute atomic E-state index is 0.110. The van der Waals surface area contributed by atoms with E-state index in [1.807, 2.05) is 44.3 Å². The fraction of sp³-hybridized carbons (Fsp3) is 0.360. The Morgan fingerprint density at radius 1 is 1.19 bits per heavy atom. The second kappa shape index (κ2) is 10.4. The van der Waals surface area contributed by atoms with Crippen LogP contribution in [0.3, 0.4) is 0 Å². The Hall–Kier alpha value is -3.86. The van der Waals surface area contributed by atoms with Crippen LogP contribution in [0.2, 0.25) is 0 Å². The summed E-state index contributed by atoms with van der Waals surface area (Å²) in [5.74, 6) is -0.465. The summed E-state index contributed by atoms with van der Waals surface area (Å²) in [5, 5.41) is 22.0. The number of pyridine rings is 2. The highest BCUT2D eigenvalue weighted by atomic mass is 32.1. The number of carboxylic acids is 1. The highest BCUT2D eigenvalue weighted by molar-refractivity contribution is 7.15. The van der Waals surface area contributed by atoms with Gasteiger partial charge in [0.1, 0.15) is 17.1 Å². The lowest BCUT2D eigenvalue weighted by Gasteiger charge is -2.27. The maximum absolute atomic E-state index is 11.3. The standard InChI is InChI=1S/C25H27N7O3S/c1-15-22(19-8-3-4-11-26-19)29-25(36-15)28-14-21-23(30-31-32(21)2)20-10-9-18(13-27-20)35-17-7-5-6-16(12-17)24(33)34/h3-4,8-11,13,16-17H,5-7,12,14H2,1-2H3,(H,28,29)(H,33,34)/t16-,17-/m0/s1. The highest BCUT2D eigenvalue weighted by Crippen LogP contribution is 2.31. The summed E-state index contributed by atoms with van der Waals surface area (Å²) >= 11 is 1.58. The minimum atomic E-state index is -0.749. The predicted octanol–water partition coefficient (Wildman–Crippen LogP) is 4.34. The summed E-state index contributed by atoms with van der Waals surface area (Å²) < 4.78 is 7.75. The molecule has 1 saturated carbocycles. The zero-order valence-corrected chi connectivity index (χ0v) is 20.9. The van der Waals surface area contributed by atoms with Gasteiger partial charge in [-0.3, -0.25) is 14.8 Å². The van der Waals surface area contributed by atoms with Crippen molar-refractivity contribution in [3.05, 3.63) is 53.3 Å². The van der Waals surface area contributed by atoms with Gasteiger partial charge in [-0.2, -0.15) is 0 Å². The molecular weight excluding hydrogens is 478 g/mol. The molecule has 1 fully saturated rings. The lowest BCUT2D eigenvalue weighted by atomic mass is 9.87. The summed E-state index contributed by atoms with van der Waals surface area (Å²) in [6, 6.07) is 9.49. The molecule has 0 spiro atoms. The molecule has 2 atom stereocenters. The molecule has 10 nitrogen and oxygen atoms in total. The van der Waals surface area contributed by atoms with E-state index >= 15 is 0 Å². The third-order valence-electron chi connectivity index (χ3n) is 6.31. The number of ether oxygens (including phenoxy) is 1. The largest absolute Gasteiger partial charge is 0.489 e. The summed E-state index contributed by atoms with van der Waals surface area (Å²) in [6.07, 6.45) is 6.25. The van der Waals surface area contributed by atoms with Gasteiger partial charge in [0.2, 0.25) is 0 Å². The number of aryl methyl sites for hydroxylation is 2. The number of nitrogens with one attached hydrogen (secondary N) is 1. The van der Waals surface area contributed by atoms with E-state index in [1.54, 1.807) is 28.4 Å². The number of thiazole rings is 1. The van der Waals surface area contributed by atoms with E-state index in [4.69, 9.17) is 9.72 Å². The Morgan fingerprint density at radius 2 is 2.06 bits per heavy atom. The number of anilines is 1. The number of carboxylic acid groups (broad SMARTS) is 1. The van der Waals surface area contributed by atoms with E-state index in [2.05, 4.69) is 25.6 Å². The molecule has 0 aromatic carbocycles. The number of hydrogen-bond acceptors (Lipinski definition) is 9. The molecule has 1 aliphatic carbocycles. The van der Waals surface area contributed by atoms with Crippen LogP contribution >= 0.6 is 11.3 Å². The highest BCUT2D eigenvalue weighted by Gasteiger charge is 2.28. The van der Waals surface area contributed by atoms with E-state index < -0.39 is 5.97 Å². The average molecular weight is 506 g/mol. The predicted molar refractivity (Wildman–Crippen MR) is 136 cm³/mol. The molecule has 2 N–H and O–H groups in total. The van der Waals surface area contributed by atoms with Gasteiger partial charge in [-0.05, 0) is 56.9 Å². The fourth-order valence-electron chi connectivity index (χ4n) is 4.40. The van der Waals surface area contributed by atoms with Crippen molar-refractivity contribution in [2.24, 2.45) is 13.0 Å². The molecule has 4 aromatic heterocycles. The van der Waals surface area contributed by atoms with Crippen molar-refractivity contribution in [1.29, 1.82) is 0 Å². The Kier molecular flexibility index (Phi) is 6.90. The molecule has 0 aliphatic heterocycles. The van der Waals surface area contributed by atoms with Gasteiger partial charge < -0.3 is 15.2 Å². The molecule has 0 unspecified atom stereocenters. The van der Waals surface area contributed by atoms with Gasteiger partial charge in [0.05, 0.1) is 41.8 Å². The molecular formula is C25H27N7O3S. The van der Waals surface area contributed by atoms with Crippen molar-refractivity contribution in [1.82, 2.24) is 29.9 Å². The van der Waals surface area contributed by atoms with Crippen LogP contribution in [0.25, 0.3) is 22.8 Å². The second-order valence-corrected chi connectivity index (χ2v) is 10.0. The monoisotopic (exact) mass is 505 g/mol. The number of carbonyl (C=O) groups is 1. The van der Waals surface area contributed by atoms with Crippen molar-refractivity contribution < 1.29 is 14.6 Å². The fourth-order valence-corrected chi connectivity index (χ4v) is 5.22. The summed E-state index contributed by atoms with van der Waals surface area (Å²) in [6.45, 7) is 2.51. The van der Waals surface area contributed by atoms with Gasteiger partial charge in [-0.25, -0.2) is 9.67 Å². The van der Waals surface area contributed by atoms with Crippen LogP contribution in [0, 0.1) is 12.8 Å². The lowest BCUT2D eigenvalue weighted by Crippen LogP contribution is -2.29. The van der Waals surface area contributed by atoms with Gasteiger partial charge in [0.25, 0.3) is 0 Å². The molecule has 1 aliphatic rings. The molecule has 5 rings (SSSR count). The van der Waals surface area contributed by atoms with E-state index in [1.165, 1.54) is 0 Å². The van der Waals surface area contributed by atoms with Crippen LogP contribution in [0.5, 0.6) is 5.75 Å². The van der Waals surface area contributed by atoms with Crippen LogP contribution in [0.1, 0.15) is 36.3 Å². The topological polar surface area (TPSA) is 128 Å². The van der Waals surface area contributed by atoms with Crippen molar-refractivity contribution in [2.75, 3.05) is 5.32 Å². The molecule has 4 heterocycles.